The first-order valence-electron chi connectivity index (χ1n) is 8.66. The number of carbonyl (C=O) groups excluding carboxylic acids is 3. The molecule has 1 atom stereocenters. The van der Waals surface area contributed by atoms with Crippen LogP contribution in [0, 0.1) is 5.41 Å². The van der Waals surface area contributed by atoms with Crippen molar-refractivity contribution in [1.29, 1.82) is 0 Å². The van der Waals surface area contributed by atoms with E-state index in [2.05, 4.69) is 37.2 Å². The number of anilines is 1. The monoisotopic (exact) mass is 507 g/mol. The Morgan fingerprint density at radius 1 is 0.964 bits per heavy atom. The third kappa shape index (κ3) is 3.65. The van der Waals surface area contributed by atoms with E-state index in [0.29, 0.717) is 31.3 Å². The van der Waals surface area contributed by atoms with Gasteiger partial charge in [0.2, 0.25) is 0 Å². The number of esters is 1. The molecule has 0 fully saturated rings. The highest BCUT2D eigenvalue weighted by Gasteiger charge is 2.36. The normalized spacial score (nSPS) is 14.2. The van der Waals surface area contributed by atoms with Crippen molar-refractivity contribution >= 4 is 55.1 Å². The lowest BCUT2D eigenvalue weighted by Gasteiger charge is -2.32. The number of nitrogens with one attached hydrogen (secondary N) is 1. The molecule has 0 aliphatic heterocycles. The van der Waals surface area contributed by atoms with Crippen LogP contribution in [-0.4, -0.2) is 23.8 Å². The molecule has 0 spiro atoms. The first kappa shape index (κ1) is 20.7. The minimum Gasteiger partial charge on any atom is -0.441 e. The zero-order valence-corrected chi connectivity index (χ0v) is 19.0. The smallest absolute Gasteiger partial charge is 0.304 e. The first-order valence-corrected chi connectivity index (χ1v) is 10.2. The Kier molecular flexibility index (Phi) is 5.51. The number of rotatable bonds is 3. The van der Waals surface area contributed by atoms with Gasteiger partial charge in [0.05, 0.1) is 5.56 Å². The van der Waals surface area contributed by atoms with E-state index < -0.39 is 17.6 Å². The SMILES string of the molecule is CC(=O)OC(Nc1ccc(Br)c2c1C(=O)c1c(Br)cccc1C2=O)C(C)(C)C. The highest BCUT2D eigenvalue weighted by atomic mass is 79.9. The van der Waals surface area contributed by atoms with Crippen LogP contribution < -0.4 is 5.32 Å². The fourth-order valence-corrected chi connectivity index (χ4v) is 4.15. The van der Waals surface area contributed by atoms with Crippen LogP contribution in [0.25, 0.3) is 0 Å². The summed E-state index contributed by atoms with van der Waals surface area (Å²) in [4.78, 5) is 38.0. The fourth-order valence-electron chi connectivity index (χ4n) is 3.09. The van der Waals surface area contributed by atoms with Crippen LogP contribution in [0.3, 0.4) is 0 Å². The Morgan fingerprint density at radius 2 is 1.61 bits per heavy atom. The zero-order valence-electron chi connectivity index (χ0n) is 15.9. The predicted octanol–water partition coefficient (Wildman–Crippen LogP) is 5.33. The van der Waals surface area contributed by atoms with Gasteiger partial charge in [0.15, 0.2) is 17.8 Å². The Hall–Kier alpha value is -1.99. The number of fused-ring (bicyclic) bond motifs is 2. The van der Waals surface area contributed by atoms with Gasteiger partial charge in [-0.05, 0) is 18.2 Å². The van der Waals surface area contributed by atoms with Gasteiger partial charge in [-0.3, -0.25) is 14.4 Å². The van der Waals surface area contributed by atoms with Crippen molar-refractivity contribution in [3.8, 4) is 0 Å². The molecule has 146 valence electrons. The summed E-state index contributed by atoms with van der Waals surface area (Å²) < 4.78 is 6.53. The number of ketones is 2. The van der Waals surface area contributed by atoms with Crippen molar-refractivity contribution in [2.75, 3.05) is 5.32 Å². The molecule has 0 radical (unpaired) electrons. The number of benzene rings is 2. The molecule has 0 heterocycles. The van der Waals surface area contributed by atoms with Crippen LogP contribution >= 0.6 is 31.9 Å². The van der Waals surface area contributed by atoms with Crippen molar-refractivity contribution in [3.63, 3.8) is 0 Å². The minimum absolute atomic E-state index is 0.235. The summed E-state index contributed by atoms with van der Waals surface area (Å²) in [5.74, 6) is -0.938. The lowest BCUT2D eigenvalue weighted by Crippen LogP contribution is -2.38. The fraction of sp³-hybridized carbons (Fsp3) is 0.286. The number of ether oxygens (including phenoxy) is 1. The average molecular weight is 509 g/mol. The lowest BCUT2D eigenvalue weighted by atomic mass is 9.83. The zero-order chi connectivity index (χ0) is 20.8. The summed E-state index contributed by atoms with van der Waals surface area (Å²) in [5.41, 5.74) is 1.26. The van der Waals surface area contributed by atoms with E-state index in [1.165, 1.54) is 6.92 Å². The van der Waals surface area contributed by atoms with Crippen LogP contribution in [0.15, 0.2) is 39.3 Å². The number of hydrogen-bond donors (Lipinski definition) is 1. The molecule has 0 saturated carbocycles. The van der Waals surface area contributed by atoms with Gasteiger partial charge in [-0.1, -0.05) is 64.8 Å². The van der Waals surface area contributed by atoms with Gasteiger partial charge in [0.25, 0.3) is 0 Å². The van der Waals surface area contributed by atoms with Gasteiger partial charge in [0, 0.05) is 43.7 Å². The second-order valence-electron chi connectivity index (χ2n) is 7.67. The second-order valence-corrected chi connectivity index (χ2v) is 9.37. The Labute approximate surface area is 180 Å². The summed E-state index contributed by atoms with van der Waals surface area (Å²) >= 11 is 6.79. The summed E-state index contributed by atoms with van der Waals surface area (Å²) in [5, 5.41) is 3.15. The average Bonchev–Trinajstić information content (AvgIpc) is 2.59. The Balaban J connectivity index is 2.17. The van der Waals surface area contributed by atoms with Gasteiger partial charge in [-0.2, -0.15) is 0 Å². The molecule has 3 rings (SSSR count). The molecule has 28 heavy (non-hydrogen) atoms. The molecule has 0 saturated heterocycles. The van der Waals surface area contributed by atoms with Gasteiger partial charge >= 0.3 is 5.97 Å². The maximum atomic E-state index is 13.3. The van der Waals surface area contributed by atoms with Crippen LogP contribution in [0.4, 0.5) is 5.69 Å². The summed E-state index contributed by atoms with van der Waals surface area (Å²) in [6.45, 7) is 7.08. The minimum atomic E-state index is -0.682. The molecule has 1 N–H and O–H groups in total. The predicted molar refractivity (Wildman–Crippen MR) is 114 cm³/mol. The largest absolute Gasteiger partial charge is 0.441 e. The molecule has 2 aromatic carbocycles. The summed E-state index contributed by atoms with van der Waals surface area (Å²) in [6, 6.07) is 8.52. The Bertz CT molecular complexity index is 1010. The molecule has 1 aliphatic rings. The van der Waals surface area contributed by atoms with Gasteiger partial charge in [-0.25, -0.2) is 0 Å². The number of hydrogen-bond acceptors (Lipinski definition) is 5. The van der Waals surface area contributed by atoms with Gasteiger partial charge in [-0.15, -0.1) is 0 Å². The molecule has 7 heteroatoms. The van der Waals surface area contributed by atoms with Crippen molar-refractivity contribution in [2.24, 2.45) is 5.41 Å². The van der Waals surface area contributed by atoms with Crippen LogP contribution in [-0.2, 0) is 9.53 Å². The van der Waals surface area contributed by atoms with Crippen LogP contribution in [0.1, 0.15) is 59.5 Å². The summed E-state index contributed by atoms with van der Waals surface area (Å²) in [7, 11) is 0. The topological polar surface area (TPSA) is 72.5 Å². The Morgan fingerprint density at radius 3 is 2.21 bits per heavy atom. The van der Waals surface area contributed by atoms with E-state index in [9.17, 15) is 14.4 Å². The first-order chi connectivity index (χ1) is 13.0. The standard InChI is InChI=1S/C21H19Br2NO4/c1-10(25)28-20(21(2,3)4)24-14-9-8-13(23)16-17(14)19(27)15-11(18(16)26)6-5-7-12(15)22/h5-9,20,24H,1-4H3. The van der Waals surface area contributed by atoms with E-state index >= 15 is 0 Å². The van der Waals surface area contributed by atoms with Crippen LogP contribution in [0.5, 0.6) is 0 Å². The molecule has 2 aromatic rings. The van der Waals surface area contributed by atoms with E-state index in [1.54, 1.807) is 30.3 Å². The van der Waals surface area contributed by atoms with E-state index in [4.69, 9.17) is 4.74 Å². The van der Waals surface area contributed by atoms with Gasteiger partial charge < -0.3 is 10.1 Å². The van der Waals surface area contributed by atoms with Crippen molar-refractivity contribution < 1.29 is 19.1 Å². The molecule has 0 amide bonds. The molecule has 1 aliphatic carbocycles. The third-order valence-electron chi connectivity index (χ3n) is 4.45. The van der Waals surface area contributed by atoms with E-state index in [0.717, 1.165) is 0 Å². The van der Waals surface area contributed by atoms with E-state index in [1.807, 2.05) is 20.8 Å². The highest BCUT2D eigenvalue weighted by Crippen LogP contribution is 2.39. The maximum absolute atomic E-state index is 13.3. The maximum Gasteiger partial charge on any atom is 0.304 e. The summed E-state index contributed by atoms with van der Waals surface area (Å²) in [6.07, 6.45) is -0.682. The van der Waals surface area contributed by atoms with Crippen molar-refractivity contribution in [1.82, 2.24) is 0 Å². The molecule has 0 aromatic heterocycles. The van der Waals surface area contributed by atoms with Crippen molar-refractivity contribution in [2.45, 2.75) is 33.9 Å². The lowest BCUT2D eigenvalue weighted by molar-refractivity contribution is -0.149. The molecule has 0 bridgehead atoms. The highest BCUT2D eigenvalue weighted by molar-refractivity contribution is 9.10. The second kappa shape index (κ2) is 7.44. The van der Waals surface area contributed by atoms with E-state index in [-0.39, 0.29) is 17.1 Å². The van der Waals surface area contributed by atoms with Crippen LogP contribution in [0.2, 0.25) is 0 Å². The molecular weight excluding hydrogens is 490 g/mol. The quantitative estimate of drug-likeness (QED) is 0.382. The third-order valence-corrected chi connectivity index (χ3v) is 5.77. The van der Waals surface area contributed by atoms with Crippen molar-refractivity contribution in [3.05, 3.63) is 61.5 Å². The molecule has 1 unspecified atom stereocenters. The van der Waals surface area contributed by atoms with Gasteiger partial charge in [0.1, 0.15) is 0 Å². The molecule has 5 nitrogen and oxygen atoms in total. The number of halogens is 2. The molecular formula is C21H19Br2NO4. The number of carbonyl (C=O) groups is 3.